The van der Waals surface area contributed by atoms with Crippen LogP contribution in [0.2, 0.25) is 0 Å². The molecule has 0 unspecified atom stereocenters. The van der Waals surface area contributed by atoms with E-state index in [9.17, 15) is 13.9 Å². The maximum atomic E-state index is 14.4. The van der Waals surface area contributed by atoms with Crippen LogP contribution in [0.5, 0.6) is 5.75 Å². The minimum absolute atomic E-state index is 0.0842. The van der Waals surface area contributed by atoms with Crippen LogP contribution in [0.1, 0.15) is 5.56 Å². The van der Waals surface area contributed by atoms with Crippen LogP contribution in [0, 0.1) is 18.6 Å². The van der Waals surface area contributed by atoms with Gasteiger partial charge in [-0.2, -0.15) is 0 Å². The number of aromatic hydroxyl groups is 1. The summed E-state index contributed by atoms with van der Waals surface area (Å²) in [5.74, 6) is -1.67. The second-order valence-electron chi connectivity index (χ2n) is 5.20. The third-order valence-corrected chi connectivity index (χ3v) is 3.62. The molecule has 1 nitrogen and oxygen atoms in total. The number of halogens is 2. The fourth-order valence-corrected chi connectivity index (χ4v) is 2.37. The first-order valence-corrected chi connectivity index (χ1v) is 6.90. The summed E-state index contributed by atoms with van der Waals surface area (Å²) >= 11 is 0. The van der Waals surface area contributed by atoms with Crippen molar-refractivity contribution in [3.05, 3.63) is 77.9 Å². The van der Waals surface area contributed by atoms with Crippen LogP contribution in [0.15, 0.2) is 60.7 Å². The molecule has 0 amide bonds. The van der Waals surface area contributed by atoms with Gasteiger partial charge >= 0.3 is 0 Å². The van der Waals surface area contributed by atoms with Crippen molar-refractivity contribution in [3.63, 3.8) is 0 Å². The van der Waals surface area contributed by atoms with E-state index in [4.69, 9.17) is 0 Å². The summed E-state index contributed by atoms with van der Waals surface area (Å²) in [6, 6.07) is 16.4. The van der Waals surface area contributed by atoms with Gasteiger partial charge in [0, 0.05) is 11.1 Å². The van der Waals surface area contributed by atoms with Crippen molar-refractivity contribution in [3.8, 4) is 28.0 Å². The lowest BCUT2D eigenvalue weighted by Crippen LogP contribution is -1.94. The standard InChI is InChI=1S/C19H14F2O/c1-12-2-4-13(5-3-12)16-10-11-17(19(21)18(16)20)14-6-8-15(22)9-7-14/h2-11,22H,1H3. The molecule has 0 spiro atoms. The molecule has 0 fully saturated rings. The zero-order valence-electron chi connectivity index (χ0n) is 12.0. The fraction of sp³-hybridized carbons (Fsp3) is 0.0526. The molecule has 0 heterocycles. The van der Waals surface area contributed by atoms with Crippen molar-refractivity contribution >= 4 is 0 Å². The number of hydrogen-bond acceptors (Lipinski definition) is 1. The number of hydrogen-bond donors (Lipinski definition) is 1. The van der Waals surface area contributed by atoms with Gasteiger partial charge in [-0.15, -0.1) is 0 Å². The average molecular weight is 296 g/mol. The van der Waals surface area contributed by atoms with Crippen LogP contribution in [0.4, 0.5) is 8.78 Å². The van der Waals surface area contributed by atoms with E-state index in [-0.39, 0.29) is 16.9 Å². The molecule has 22 heavy (non-hydrogen) atoms. The van der Waals surface area contributed by atoms with Crippen LogP contribution < -0.4 is 0 Å². The third-order valence-electron chi connectivity index (χ3n) is 3.62. The summed E-state index contributed by atoms with van der Waals surface area (Å²) in [5, 5.41) is 9.27. The summed E-state index contributed by atoms with van der Waals surface area (Å²) in [6.07, 6.45) is 0. The average Bonchev–Trinajstić information content (AvgIpc) is 2.52. The van der Waals surface area contributed by atoms with Crippen molar-refractivity contribution in [1.29, 1.82) is 0 Å². The van der Waals surface area contributed by atoms with Crippen LogP contribution in [0.25, 0.3) is 22.3 Å². The van der Waals surface area contributed by atoms with Gasteiger partial charge in [-0.25, -0.2) is 8.78 Å². The van der Waals surface area contributed by atoms with Crippen LogP contribution in [0.3, 0.4) is 0 Å². The maximum Gasteiger partial charge on any atom is 0.167 e. The second kappa shape index (κ2) is 5.60. The molecule has 0 aliphatic heterocycles. The molecule has 3 aromatic rings. The molecular formula is C19H14F2O. The molecule has 0 saturated carbocycles. The summed E-state index contributed by atoms with van der Waals surface area (Å²) < 4.78 is 28.8. The fourth-order valence-electron chi connectivity index (χ4n) is 2.37. The van der Waals surface area contributed by atoms with E-state index in [0.717, 1.165) is 5.56 Å². The lowest BCUT2D eigenvalue weighted by atomic mass is 9.98. The van der Waals surface area contributed by atoms with Gasteiger partial charge in [-0.3, -0.25) is 0 Å². The van der Waals surface area contributed by atoms with Gasteiger partial charge in [0.15, 0.2) is 11.6 Å². The van der Waals surface area contributed by atoms with E-state index in [1.54, 1.807) is 36.4 Å². The monoisotopic (exact) mass is 296 g/mol. The summed E-state index contributed by atoms with van der Waals surface area (Å²) in [4.78, 5) is 0. The SMILES string of the molecule is Cc1ccc(-c2ccc(-c3ccc(O)cc3)c(F)c2F)cc1. The molecule has 0 aromatic heterocycles. The maximum absolute atomic E-state index is 14.4. The Morgan fingerprint density at radius 3 is 1.50 bits per heavy atom. The van der Waals surface area contributed by atoms with E-state index < -0.39 is 11.6 Å². The lowest BCUT2D eigenvalue weighted by Gasteiger charge is -2.09. The first kappa shape index (κ1) is 14.3. The Labute approximate surface area is 127 Å². The molecule has 0 bridgehead atoms. The zero-order chi connectivity index (χ0) is 15.7. The number of rotatable bonds is 2. The smallest absolute Gasteiger partial charge is 0.167 e. The first-order valence-electron chi connectivity index (χ1n) is 6.90. The number of phenolic OH excluding ortho intramolecular Hbond substituents is 1. The molecule has 1 N–H and O–H groups in total. The van der Waals surface area contributed by atoms with Crippen molar-refractivity contribution in [2.24, 2.45) is 0 Å². The van der Waals surface area contributed by atoms with Gasteiger partial charge < -0.3 is 5.11 Å². The Morgan fingerprint density at radius 2 is 1.05 bits per heavy atom. The molecule has 3 heteroatoms. The molecule has 3 rings (SSSR count). The van der Waals surface area contributed by atoms with Gasteiger partial charge in [0.2, 0.25) is 0 Å². The van der Waals surface area contributed by atoms with Gasteiger partial charge in [-0.05, 0) is 30.2 Å². The molecule has 3 aromatic carbocycles. The zero-order valence-corrected chi connectivity index (χ0v) is 12.0. The van der Waals surface area contributed by atoms with E-state index in [1.807, 2.05) is 19.1 Å². The van der Waals surface area contributed by atoms with Gasteiger partial charge in [0.25, 0.3) is 0 Å². The molecule has 0 saturated heterocycles. The van der Waals surface area contributed by atoms with E-state index in [2.05, 4.69) is 0 Å². The summed E-state index contributed by atoms with van der Waals surface area (Å²) in [5.41, 5.74) is 2.63. The van der Waals surface area contributed by atoms with Gasteiger partial charge in [0.05, 0.1) is 0 Å². The Morgan fingerprint density at radius 1 is 0.636 bits per heavy atom. The van der Waals surface area contributed by atoms with Crippen molar-refractivity contribution < 1.29 is 13.9 Å². The predicted octanol–water partition coefficient (Wildman–Crippen LogP) is 5.31. The van der Waals surface area contributed by atoms with E-state index in [1.165, 1.54) is 12.1 Å². The Hall–Kier alpha value is -2.68. The van der Waals surface area contributed by atoms with E-state index >= 15 is 0 Å². The van der Waals surface area contributed by atoms with Gasteiger partial charge in [0.1, 0.15) is 5.75 Å². The minimum Gasteiger partial charge on any atom is -0.508 e. The van der Waals surface area contributed by atoms with Gasteiger partial charge in [-0.1, -0.05) is 54.1 Å². The highest BCUT2D eigenvalue weighted by Crippen LogP contribution is 2.32. The normalized spacial score (nSPS) is 10.7. The molecule has 0 aliphatic carbocycles. The lowest BCUT2D eigenvalue weighted by molar-refractivity contribution is 0.475. The summed E-state index contributed by atoms with van der Waals surface area (Å²) in [6.45, 7) is 1.94. The molecular weight excluding hydrogens is 282 g/mol. The Bertz CT molecular complexity index is 736. The highest BCUT2D eigenvalue weighted by atomic mass is 19.2. The van der Waals surface area contributed by atoms with Crippen LogP contribution in [-0.4, -0.2) is 5.11 Å². The largest absolute Gasteiger partial charge is 0.508 e. The number of phenols is 1. The Kier molecular flexibility index (Phi) is 3.63. The van der Waals surface area contributed by atoms with Crippen molar-refractivity contribution in [1.82, 2.24) is 0 Å². The highest BCUT2D eigenvalue weighted by Gasteiger charge is 2.15. The van der Waals surface area contributed by atoms with Crippen molar-refractivity contribution in [2.45, 2.75) is 6.92 Å². The van der Waals surface area contributed by atoms with Crippen LogP contribution >= 0.6 is 0 Å². The number of aryl methyl sites for hydroxylation is 1. The second-order valence-corrected chi connectivity index (χ2v) is 5.20. The predicted molar refractivity (Wildman–Crippen MR) is 83.6 cm³/mol. The van der Waals surface area contributed by atoms with Crippen LogP contribution in [-0.2, 0) is 0 Å². The van der Waals surface area contributed by atoms with E-state index in [0.29, 0.717) is 11.1 Å². The molecule has 0 aliphatic rings. The molecule has 0 atom stereocenters. The quantitative estimate of drug-likeness (QED) is 0.679. The third kappa shape index (κ3) is 2.58. The number of benzene rings is 3. The molecule has 0 radical (unpaired) electrons. The minimum atomic E-state index is -0.885. The van der Waals surface area contributed by atoms with Crippen molar-refractivity contribution in [2.75, 3.05) is 0 Å². The Balaban J connectivity index is 2.08. The summed E-state index contributed by atoms with van der Waals surface area (Å²) in [7, 11) is 0. The first-order chi connectivity index (χ1) is 10.6. The highest BCUT2D eigenvalue weighted by molar-refractivity contribution is 5.72. The topological polar surface area (TPSA) is 20.2 Å². The molecule has 110 valence electrons.